The van der Waals surface area contributed by atoms with Crippen LogP contribution in [-0.4, -0.2) is 42.1 Å². The van der Waals surface area contributed by atoms with E-state index in [0.29, 0.717) is 17.7 Å². The van der Waals surface area contributed by atoms with Crippen molar-refractivity contribution in [1.29, 1.82) is 0 Å². The number of halogens is 3. The third-order valence-corrected chi connectivity index (χ3v) is 2.22. The van der Waals surface area contributed by atoms with E-state index < -0.39 is 18.6 Å². The zero-order chi connectivity index (χ0) is 14.5. The first-order valence-electron chi connectivity index (χ1n) is 5.50. The normalized spacial score (nSPS) is 11.6. The van der Waals surface area contributed by atoms with Crippen molar-refractivity contribution in [3.63, 3.8) is 0 Å². The molecule has 0 unspecified atom stereocenters. The second-order valence-corrected chi connectivity index (χ2v) is 3.82. The van der Waals surface area contributed by atoms with E-state index >= 15 is 0 Å². The Hall–Kier alpha value is -1.77. The highest BCUT2D eigenvalue weighted by molar-refractivity contribution is 5.97. The van der Waals surface area contributed by atoms with Gasteiger partial charge in [0.2, 0.25) is 0 Å². The summed E-state index contributed by atoms with van der Waals surface area (Å²) < 4.78 is 42.2. The maximum Gasteiger partial charge on any atom is 0.408 e. The molecule has 9 heteroatoms. The van der Waals surface area contributed by atoms with Gasteiger partial charge >= 0.3 is 6.18 Å². The number of carbonyl (C=O) groups is 1. The van der Waals surface area contributed by atoms with Crippen LogP contribution in [0.3, 0.4) is 0 Å². The molecule has 0 saturated carbocycles. The summed E-state index contributed by atoms with van der Waals surface area (Å²) in [5.41, 5.74) is 5.08. The average Bonchev–Trinajstić information content (AvgIpc) is 2.63. The van der Waals surface area contributed by atoms with Crippen molar-refractivity contribution in [2.45, 2.75) is 19.1 Å². The molecule has 1 aromatic rings. The minimum atomic E-state index is -4.47. The lowest BCUT2D eigenvalue weighted by atomic mass is 10.3. The lowest BCUT2D eigenvalue weighted by Gasteiger charge is -2.11. The van der Waals surface area contributed by atoms with Gasteiger partial charge in [-0.25, -0.2) is 4.68 Å². The molecule has 3 N–H and O–H groups in total. The number of amides is 1. The van der Waals surface area contributed by atoms with Crippen LogP contribution >= 0.6 is 0 Å². The molecule has 0 aliphatic carbocycles. The van der Waals surface area contributed by atoms with Crippen molar-refractivity contribution >= 4 is 11.6 Å². The van der Waals surface area contributed by atoms with E-state index in [1.165, 1.54) is 7.11 Å². The molecule has 1 amide bonds. The predicted octanol–water partition coefficient (Wildman–Crippen LogP) is 0.794. The van der Waals surface area contributed by atoms with Gasteiger partial charge in [0.25, 0.3) is 5.91 Å². The molecule has 6 nitrogen and oxygen atoms in total. The van der Waals surface area contributed by atoms with Crippen LogP contribution in [0.4, 0.5) is 18.9 Å². The minimum absolute atomic E-state index is 0.0894. The largest absolute Gasteiger partial charge is 0.408 e. The van der Waals surface area contributed by atoms with Crippen molar-refractivity contribution in [3.05, 3.63) is 11.9 Å². The van der Waals surface area contributed by atoms with Crippen LogP contribution in [0.5, 0.6) is 0 Å². The molecular weight excluding hydrogens is 265 g/mol. The van der Waals surface area contributed by atoms with Gasteiger partial charge in [-0.15, -0.1) is 0 Å². The Bertz CT molecular complexity index is 431. The monoisotopic (exact) mass is 280 g/mol. The number of nitrogen functional groups attached to an aromatic ring is 1. The van der Waals surface area contributed by atoms with Gasteiger partial charge in [-0.1, -0.05) is 0 Å². The topological polar surface area (TPSA) is 82.2 Å². The first-order valence-corrected chi connectivity index (χ1v) is 5.50. The Labute approximate surface area is 107 Å². The summed E-state index contributed by atoms with van der Waals surface area (Å²) in [7, 11) is 1.51. The van der Waals surface area contributed by atoms with Gasteiger partial charge < -0.3 is 15.8 Å². The average molecular weight is 280 g/mol. The number of nitrogens with zero attached hydrogens (tertiary/aromatic N) is 2. The molecule has 0 radical (unpaired) electrons. The predicted molar refractivity (Wildman–Crippen MR) is 61.5 cm³/mol. The summed E-state index contributed by atoms with van der Waals surface area (Å²) in [6.07, 6.45) is -2.89. The SMILES string of the molecule is COCCCNC(=O)c1c(N)cnn1CC(F)(F)F. The summed E-state index contributed by atoms with van der Waals surface area (Å²) in [5.74, 6) is -0.685. The van der Waals surface area contributed by atoms with Crippen LogP contribution < -0.4 is 11.1 Å². The Morgan fingerprint density at radius 1 is 1.58 bits per heavy atom. The summed E-state index contributed by atoms with van der Waals surface area (Å²) in [4.78, 5) is 11.7. The number of aromatic nitrogens is 2. The van der Waals surface area contributed by atoms with Crippen LogP contribution in [0, 0.1) is 0 Å². The number of hydrogen-bond donors (Lipinski definition) is 2. The van der Waals surface area contributed by atoms with E-state index in [2.05, 4.69) is 10.4 Å². The molecular formula is C10H15F3N4O2. The maximum atomic E-state index is 12.3. The van der Waals surface area contributed by atoms with Gasteiger partial charge in [0.05, 0.1) is 11.9 Å². The van der Waals surface area contributed by atoms with Crippen LogP contribution in [0.25, 0.3) is 0 Å². The van der Waals surface area contributed by atoms with Crippen molar-refractivity contribution in [2.75, 3.05) is 26.0 Å². The van der Waals surface area contributed by atoms with Gasteiger partial charge in [0.1, 0.15) is 12.2 Å². The van der Waals surface area contributed by atoms with Gasteiger partial charge in [0, 0.05) is 20.3 Å². The van der Waals surface area contributed by atoms with Crippen LogP contribution in [0.1, 0.15) is 16.9 Å². The molecule has 0 aromatic carbocycles. The molecule has 0 saturated heterocycles. The first kappa shape index (κ1) is 15.3. The zero-order valence-corrected chi connectivity index (χ0v) is 10.3. The fourth-order valence-corrected chi connectivity index (χ4v) is 1.44. The Balaban J connectivity index is 2.70. The number of nitrogens with two attached hydrogens (primary N) is 1. The molecule has 108 valence electrons. The van der Waals surface area contributed by atoms with Crippen LogP contribution in [0.2, 0.25) is 0 Å². The molecule has 0 bridgehead atoms. The zero-order valence-electron chi connectivity index (χ0n) is 10.3. The third-order valence-electron chi connectivity index (χ3n) is 2.22. The van der Waals surface area contributed by atoms with E-state index in [0.717, 1.165) is 6.20 Å². The lowest BCUT2D eigenvalue weighted by Crippen LogP contribution is -2.30. The number of rotatable bonds is 6. The highest BCUT2D eigenvalue weighted by Crippen LogP contribution is 2.20. The van der Waals surface area contributed by atoms with Crippen molar-refractivity contribution in [2.24, 2.45) is 0 Å². The number of ether oxygens (including phenoxy) is 1. The number of nitrogens with one attached hydrogen (secondary N) is 1. The molecule has 0 spiro atoms. The van der Waals surface area contributed by atoms with E-state index in [4.69, 9.17) is 10.5 Å². The third kappa shape index (κ3) is 4.78. The highest BCUT2D eigenvalue weighted by atomic mass is 19.4. The van der Waals surface area contributed by atoms with Gasteiger partial charge in [-0.05, 0) is 6.42 Å². The quantitative estimate of drug-likeness (QED) is 0.755. The number of methoxy groups -OCH3 is 1. The van der Waals surface area contributed by atoms with Crippen LogP contribution in [-0.2, 0) is 11.3 Å². The second kappa shape index (κ2) is 6.41. The van der Waals surface area contributed by atoms with Crippen molar-refractivity contribution in [3.8, 4) is 0 Å². The summed E-state index contributed by atoms with van der Waals surface area (Å²) >= 11 is 0. The summed E-state index contributed by atoms with van der Waals surface area (Å²) in [6, 6.07) is 0. The fraction of sp³-hybridized carbons (Fsp3) is 0.600. The molecule has 1 rings (SSSR count). The smallest absolute Gasteiger partial charge is 0.396 e. The standard InChI is InChI=1S/C10H15F3N4O2/c1-19-4-2-3-15-9(18)8-7(14)5-16-17(8)6-10(11,12)13/h5H,2-4,6,14H2,1H3,(H,15,18). The van der Waals surface area contributed by atoms with Gasteiger partial charge in [-0.3, -0.25) is 4.79 Å². The number of anilines is 1. The second-order valence-electron chi connectivity index (χ2n) is 3.82. The molecule has 0 aliphatic rings. The fourth-order valence-electron chi connectivity index (χ4n) is 1.44. The maximum absolute atomic E-state index is 12.3. The van der Waals surface area contributed by atoms with E-state index in [9.17, 15) is 18.0 Å². The van der Waals surface area contributed by atoms with E-state index in [-0.39, 0.29) is 17.9 Å². The van der Waals surface area contributed by atoms with E-state index in [1.54, 1.807) is 0 Å². The molecule has 1 aromatic heterocycles. The summed E-state index contributed by atoms with van der Waals surface area (Å²) in [6.45, 7) is -0.633. The molecule has 0 fully saturated rings. The first-order chi connectivity index (χ1) is 8.85. The summed E-state index contributed by atoms with van der Waals surface area (Å²) in [5, 5.41) is 5.91. The molecule has 19 heavy (non-hydrogen) atoms. The highest BCUT2D eigenvalue weighted by Gasteiger charge is 2.31. The minimum Gasteiger partial charge on any atom is -0.396 e. The molecule has 0 atom stereocenters. The molecule has 1 heterocycles. The lowest BCUT2D eigenvalue weighted by molar-refractivity contribution is -0.142. The Morgan fingerprint density at radius 3 is 2.84 bits per heavy atom. The molecule has 0 aliphatic heterocycles. The number of alkyl halides is 3. The Kier molecular flexibility index (Phi) is 5.16. The van der Waals surface area contributed by atoms with Crippen molar-refractivity contribution in [1.82, 2.24) is 15.1 Å². The number of hydrogen-bond acceptors (Lipinski definition) is 4. The van der Waals surface area contributed by atoms with Crippen LogP contribution in [0.15, 0.2) is 6.20 Å². The van der Waals surface area contributed by atoms with Crippen molar-refractivity contribution < 1.29 is 22.7 Å². The van der Waals surface area contributed by atoms with E-state index in [1.807, 2.05) is 0 Å². The van der Waals surface area contributed by atoms with Gasteiger partial charge in [0.15, 0.2) is 0 Å². The van der Waals surface area contributed by atoms with Gasteiger partial charge in [-0.2, -0.15) is 18.3 Å². The number of carbonyl (C=O) groups excluding carboxylic acids is 1. The Morgan fingerprint density at radius 2 is 2.26 bits per heavy atom.